The summed E-state index contributed by atoms with van der Waals surface area (Å²) in [6, 6.07) is 17.7. The summed E-state index contributed by atoms with van der Waals surface area (Å²) in [5, 5.41) is 14.7. The van der Waals surface area contributed by atoms with Crippen LogP contribution < -0.4 is 15.4 Å². The van der Waals surface area contributed by atoms with Gasteiger partial charge in [-0.1, -0.05) is 12.1 Å². The molecule has 2 aromatic carbocycles. The van der Waals surface area contributed by atoms with E-state index in [9.17, 15) is 4.79 Å². The molecule has 0 saturated heterocycles. The molecular formula is C20H17N5O2. The van der Waals surface area contributed by atoms with E-state index in [1.807, 2.05) is 37.3 Å². The fraction of sp³-hybridized carbons (Fsp3) is 0.100. The van der Waals surface area contributed by atoms with Gasteiger partial charge in [-0.05, 0) is 43.3 Å². The molecule has 134 valence electrons. The second-order valence-electron chi connectivity index (χ2n) is 5.49. The highest BCUT2D eigenvalue weighted by atomic mass is 16.5. The first-order valence-corrected chi connectivity index (χ1v) is 8.32. The number of nitrogens with zero attached hydrogens (tertiary/aromatic N) is 3. The Bertz CT molecular complexity index is 980. The Labute approximate surface area is 156 Å². The second-order valence-corrected chi connectivity index (χ2v) is 5.49. The number of carbonyl (C=O) groups excluding carboxylic acids is 1. The van der Waals surface area contributed by atoms with Crippen molar-refractivity contribution in [2.24, 2.45) is 0 Å². The van der Waals surface area contributed by atoms with Crippen LogP contribution in [0.3, 0.4) is 0 Å². The van der Waals surface area contributed by atoms with E-state index in [4.69, 9.17) is 10.00 Å². The smallest absolute Gasteiger partial charge is 0.274 e. The fourth-order valence-corrected chi connectivity index (χ4v) is 2.36. The summed E-state index contributed by atoms with van der Waals surface area (Å²) in [6.07, 6.45) is 1.32. The highest BCUT2D eigenvalue weighted by Gasteiger charge is 2.11. The normalized spacial score (nSPS) is 9.93. The van der Waals surface area contributed by atoms with Crippen LogP contribution in [0, 0.1) is 11.3 Å². The minimum Gasteiger partial charge on any atom is -0.492 e. The number of rotatable bonds is 6. The number of carbonyl (C=O) groups is 1. The molecule has 1 heterocycles. The van der Waals surface area contributed by atoms with Crippen LogP contribution >= 0.6 is 0 Å². The number of benzene rings is 2. The van der Waals surface area contributed by atoms with Gasteiger partial charge in [0.25, 0.3) is 5.91 Å². The maximum Gasteiger partial charge on any atom is 0.274 e. The molecule has 0 atom stereocenters. The molecule has 0 radical (unpaired) electrons. The number of hydrogen-bond acceptors (Lipinski definition) is 6. The summed E-state index contributed by atoms with van der Waals surface area (Å²) < 4.78 is 5.58. The number of para-hydroxylation sites is 2. The van der Waals surface area contributed by atoms with Crippen LogP contribution in [0.5, 0.6) is 5.75 Å². The van der Waals surface area contributed by atoms with Gasteiger partial charge in [0.15, 0.2) is 0 Å². The fourth-order valence-electron chi connectivity index (χ4n) is 2.36. The van der Waals surface area contributed by atoms with Gasteiger partial charge in [0.05, 0.1) is 23.9 Å². The third-order valence-corrected chi connectivity index (χ3v) is 3.62. The van der Waals surface area contributed by atoms with Crippen LogP contribution in [0.1, 0.15) is 23.0 Å². The second kappa shape index (κ2) is 8.45. The average Bonchev–Trinajstić information content (AvgIpc) is 2.70. The van der Waals surface area contributed by atoms with Crippen molar-refractivity contribution in [2.45, 2.75) is 6.92 Å². The van der Waals surface area contributed by atoms with Crippen molar-refractivity contribution in [3.05, 3.63) is 72.2 Å². The van der Waals surface area contributed by atoms with Gasteiger partial charge in [-0.15, -0.1) is 0 Å². The maximum atomic E-state index is 12.4. The van der Waals surface area contributed by atoms with E-state index in [0.29, 0.717) is 29.4 Å². The number of hydrogen-bond donors (Lipinski definition) is 2. The van der Waals surface area contributed by atoms with Crippen LogP contribution in [0.15, 0.2) is 60.9 Å². The van der Waals surface area contributed by atoms with Gasteiger partial charge in [0.2, 0.25) is 0 Å². The third-order valence-electron chi connectivity index (χ3n) is 3.62. The van der Waals surface area contributed by atoms with Crippen LogP contribution in [0.25, 0.3) is 0 Å². The molecule has 0 aliphatic carbocycles. The predicted octanol–water partition coefficient (Wildman–Crippen LogP) is 3.74. The van der Waals surface area contributed by atoms with Gasteiger partial charge in [0.1, 0.15) is 23.6 Å². The van der Waals surface area contributed by atoms with Crippen molar-refractivity contribution >= 4 is 23.1 Å². The van der Waals surface area contributed by atoms with Crippen LogP contribution in [0.4, 0.5) is 17.2 Å². The highest BCUT2D eigenvalue weighted by molar-refractivity contribution is 6.03. The number of aromatic nitrogens is 2. The number of ether oxygens (including phenoxy) is 1. The lowest BCUT2D eigenvalue weighted by atomic mass is 10.2. The van der Waals surface area contributed by atoms with Crippen molar-refractivity contribution < 1.29 is 9.53 Å². The SMILES string of the molecule is CCOc1ccccc1Nc1cc(C(=O)Nc2ccc(C#N)cc2)ncn1. The van der Waals surface area contributed by atoms with Crippen LogP contribution in [-0.2, 0) is 0 Å². The van der Waals surface area contributed by atoms with Gasteiger partial charge in [-0.25, -0.2) is 9.97 Å². The van der Waals surface area contributed by atoms with Crippen molar-refractivity contribution in [1.82, 2.24) is 9.97 Å². The van der Waals surface area contributed by atoms with E-state index in [1.54, 1.807) is 30.3 Å². The van der Waals surface area contributed by atoms with Gasteiger partial charge >= 0.3 is 0 Å². The van der Waals surface area contributed by atoms with Crippen molar-refractivity contribution in [1.29, 1.82) is 5.26 Å². The monoisotopic (exact) mass is 359 g/mol. The first-order valence-electron chi connectivity index (χ1n) is 8.32. The lowest BCUT2D eigenvalue weighted by Gasteiger charge is -2.12. The molecule has 1 amide bonds. The lowest BCUT2D eigenvalue weighted by Crippen LogP contribution is -2.14. The largest absolute Gasteiger partial charge is 0.492 e. The molecule has 0 bridgehead atoms. The molecule has 0 aliphatic rings. The van der Waals surface area contributed by atoms with E-state index >= 15 is 0 Å². The lowest BCUT2D eigenvalue weighted by molar-refractivity contribution is 0.102. The standard InChI is InChI=1S/C20H17N5O2/c1-2-27-18-6-4-3-5-16(18)25-19-11-17(22-13-23-19)20(26)24-15-9-7-14(12-21)8-10-15/h3-11,13H,2H2,1H3,(H,24,26)(H,22,23,25). The topological polar surface area (TPSA) is 99.9 Å². The van der Waals surface area contributed by atoms with Crippen molar-refractivity contribution in [3.8, 4) is 11.8 Å². The first-order chi connectivity index (χ1) is 13.2. The van der Waals surface area contributed by atoms with Gasteiger partial charge < -0.3 is 15.4 Å². The van der Waals surface area contributed by atoms with E-state index in [2.05, 4.69) is 20.6 Å². The molecule has 0 saturated carbocycles. The molecule has 0 fully saturated rings. The number of nitrogens with one attached hydrogen (secondary N) is 2. The Morgan fingerprint density at radius 1 is 1.15 bits per heavy atom. The Hall–Kier alpha value is -3.92. The first kappa shape index (κ1) is 17.9. The zero-order valence-corrected chi connectivity index (χ0v) is 14.6. The molecule has 1 aromatic heterocycles. The third kappa shape index (κ3) is 4.58. The Morgan fingerprint density at radius 2 is 1.93 bits per heavy atom. The van der Waals surface area contributed by atoms with E-state index in [-0.39, 0.29) is 11.6 Å². The summed E-state index contributed by atoms with van der Waals surface area (Å²) in [5.74, 6) is 0.799. The number of amides is 1. The Balaban J connectivity index is 1.75. The molecule has 3 rings (SSSR count). The average molecular weight is 359 g/mol. The van der Waals surface area contributed by atoms with E-state index in [1.165, 1.54) is 6.33 Å². The minimum absolute atomic E-state index is 0.214. The molecule has 0 spiro atoms. The molecule has 3 aromatic rings. The predicted molar refractivity (Wildman–Crippen MR) is 102 cm³/mol. The zero-order chi connectivity index (χ0) is 19.1. The number of anilines is 3. The summed E-state index contributed by atoms with van der Waals surface area (Å²) in [7, 11) is 0. The molecule has 7 heteroatoms. The van der Waals surface area contributed by atoms with E-state index in [0.717, 1.165) is 5.69 Å². The molecule has 27 heavy (non-hydrogen) atoms. The molecule has 0 unspecified atom stereocenters. The van der Waals surface area contributed by atoms with Crippen molar-refractivity contribution in [3.63, 3.8) is 0 Å². The molecule has 2 N–H and O–H groups in total. The summed E-state index contributed by atoms with van der Waals surface area (Å²) >= 11 is 0. The summed E-state index contributed by atoms with van der Waals surface area (Å²) in [6.45, 7) is 2.45. The van der Waals surface area contributed by atoms with Gasteiger partial charge in [-0.2, -0.15) is 5.26 Å². The molecule has 7 nitrogen and oxygen atoms in total. The Kier molecular flexibility index (Phi) is 5.60. The van der Waals surface area contributed by atoms with Gasteiger partial charge in [-0.3, -0.25) is 4.79 Å². The maximum absolute atomic E-state index is 12.4. The highest BCUT2D eigenvalue weighted by Crippen LogP contribution is 2.26. The van der Waals surface area contributed by atoms with Crippen LogP contribution in [0.2, 0.25) is 0 Å². The summed E-state index contributed by atoms with van der Waals surface area (Å²) in [5.41, 5.74) is 2.06. The van der Waals surface area contributed by atoms with E-state index < -0.39 is 0 Å². The minimum atomic E-state index is -0.372. The van der Waals surface area contributed by atoms with Gasteiger partial charge in [0, 0.05) is 11.8 Å². The quantitative estimate of drug-likeness (QED) is 0.695. The summed E-state index contributed by atoms with van der Waals surface area (Å²) in [4.78, 5) is 20.6. The molecule has 0 aliphatic heterocycles. The van der Waals surface area contributed by atoms with Crippen molar-refractivity contribution in [2.75, 3.05) is 17.2 Å². The van der Waals surface area contributed by atoms with Crippen LogP contribution in [-0.4, -0.2) is 22.5 Å². The Morgan fingerprint density at radius 3 is 2.67 bits per heavy atom. The zero-order valence-electron chi connectivity index (χ0n) is 14.6. The number of nitriles is 1. The molecular weight excluding hydrogens is 342 g/mol.